The van der Waals surface area contributed by atoms with Gasteiger partial charge in [0.1, 0.15) is 5.75 Å². The van der Waals surface area contributed by atoms with Gasteiger partial charge >= 0.3 is 0 Å². The van der Waals surface area contributed by atoms with E-state index in [2.05, 4.69) is 0 Å². The Morgan fingerprint density at radius 1 is 1.11 bits per heavy atom. The van der Waals surface area contributed by atoms with Crippen LogP contribution in [0.3, 0.4) is 0 Å². The standard InChI is InChI=1S/C15H13NO2S/c1-10-3-8-13-14(9-10)19-16(15(13)17)11-4-6-12(18-2)7-5-11/h3-9H,1-2H3. The third-order valence-electron chi connectivity index (χ3n) is 3.05. The Kier molecular flexibility index (Phi) is 2.87. The molecular formula is C15H13NO2S. The fourth-order valence-electron chi connectivity index (χ4n) is 2.02. The Morgan fingerprint density at radius 2 is 1.84 bits per heavy atom. The third kappa shape index (κ3) is 2.04. The molecular weight excluding hydrogens is 258 g/mol. The van der Waals surface area contributed by atoms with E-state index in [4.69, 9.17) is 4.74 Å². The first-order chi connectivity index (χ1) is 9.19. The number of fused-ring (bicyclic) bond motifs is 1. The largest absolute Gasteiger partial charge is 0.497 e. The van der Waals surface area contributed by atoms with E-state index >= 15 is 0 Å². The number of benzene rings is 2. The lowest BCUT2D eigenvalue weighted by atomic mass is 10.2. The Hall–Kier alpha value is -2.07. The summed E-state index contributed by atoms with van der Waals surface area (Å²) in [5, 5.41) is 0.770. The molecule has 0 fully saturated rings. The molecule has 1 aromatic heterocycles. The fourth-order valence-corrected chi connectivity index (χ4v) is 3.12. The van der Waals surface area contributed by atoms with Crippen molar-refractivity contribution in [3.05, 3.63) is 58.4 Å². The van der Waals surface area contributed by atoms with Gasteiger partial charge in [-0.2, -0.15) is 0 Å². The molecule has 1 heterocycles. The first-order valence-corrected chi connectivity index (χ1v) is 6.73. The van der Waals surface area contributed by atoms with Crippen molar-refractivity contribution in [2.75, 3.05) is 7.11 Å². The minimum absolute atomic E-state index is 0.0326. The third-order valence-corrected chi connectivity index (χ3v) is 4.14. The fraction of sp³-hybridized carbons (Fsp3) is 0.133. The van der Waals surface area contributed by atoms with Crippen molar-refractivity contribution in [2.24, 2.45) is 0 Å². The molecule has 0 aliphatic carbocycles. The number of aryl methyl sites for hydroxylation is 1. The summed E-state index contributed by atoms with van der Waals surface area (Å²) in [4.78, 5) is 12.3. The Labute approximate surface area is 114 Å². The summed E-state index contributed by atoms with van der Waals surface area (Å²) < 4.78 is 7.85. The normalized spacial score (nSPS) is 10.8. The van der Waals surface area contributed by atoms with E-state index in [-0.39, 0.29) is 5.56 Å². The van der Waals surface area contributed by atoms with Gasteiger partial charge < -0.3 is 4.74 Å². The maximum Gasteiger partial charge on any atom is 0.273 e. The molecule has 0 saturated heterocycles. The molecule has 3 aromatic rings. The van der Waals surface area contributed by atoms with Crippen molar-refractivity contribution in [1.29, 1.82) is 0 Å². The van der Waals surface area contributed by atoms with Gasteiger partial charge in [-0.15, -0.1) is 0 Å². The molecule has 2 aromatic carbocycles. The zero-order valence-electron chi connectivity index (χ0n) is 10.7. The number of aromatic nitrogens is 1. The average Bonchev–Trinajstić information content (AvgIpc) is 2.75. The van der Waals surface area contributed by atoms with Crippen LogP contribution in [0.15, 0.2) is 47.3 Å². The summed E-state index contributed by atoms with van der Waals surface area (Å²) >= 11 is 1.47. The predicted molar refractivity (Wildman–Crippen MR) is 78.7 cm³/mol. The monoisotopic (exact) mass is 271 g/mol. The summed E-state index contributed by atoms with van der Waals surface area (Å²) in [5.74, 6) is 0.786. The molecule has 0 N–H and O–H groups in total. The zero-order chi connectivity index (χ0) is 13.4. The van der Waals surface area contributed by atoms with E-state index in [1.54, 1.807) is 11.1 Å². The van der Waals surface area contributed by atoms with Crippen LogP contribution in [0, 0.1) is 6.92 Å². The quantitative estimate of drug-likeness (QED) is 0.715. The molecule has 0 unspecified atom stereocenters. The van der Waals surface area contributed by atoms with Crippen molar-refractivity contribution in [3.63, 3.8) is 0 Å². The molecule has 3 rings (SSSR count). The van der Waals surface area contributed by atoms with Crippen LogP contribution in [0.25, 0.3) is 15.8 Å². The summed E-state index contributed by atoms with van der Waals surface area (Å²) in [6.45, 7) is 2.03. The number of hydrogen-bond donors (Lipinski definition) is 0. The molecule has 0 amide bonds. The van der Waals surface area contributed by atoms with Gasteiger partial charge in [-0.1, -0.05) is 17.6 Å². The maximum atomic E-state index is 12.3. The van der Waals surface area contributed by atoms with Crippen LogP contribution in [-0.2, 0) is 0 Å². The average molecular weight is 271 g/mol. The highest BCUT2D eigenvalue weighted by atomic mass is 32.1. The van der Waals surface area contributed by atoms with Crippen LogP contribution >= 0.6 is 11.5 Å². The molecule has 0 aliphatic heterocycles. The van der Waals surface area contributed by atoms with Crippen LogP contribution < -0.4 is 10.3 Å². The van der Waals surface area contributed by atoms with Gasteiger partial charge in [0.2, 0.25) is 0 Å². The van der Waals surface area contributed by atoms with Gasteiger partial charge in [-0.3, -0.25) is 4.79 Å². The van der Waals surface area contributed by atoms with Gasteiger partial charge in [-0.05, 0) is 48.9 Å². The topological polar surface area (TPSA) is 31.2 Å². The van der Waals surface area contributed by atoms with Gasteiger partial charge in [-0.25, -0.2) is 3.96 Å². The van der Waals surface area contributed by atoms with Crippen molar-refractivity contribution in [1.82, 2.24) is 3.96 Å². The van der Waals surface area contributed by atoms with Crippen LogP contribution in [0.5, 0.6) is 5.75 Å². The second kappa shape index (κ2) is 4.55. The van der Waals surface area contributed by atoms with E-state index in [1.165, 1.54) is 11.5 Å². The Bertz CT molecular complexity index is 784. The van der Waals surface area contributed by atoms with Gasteiger partial charge in [0.15, 0.2) is 0 Å². The number of ether oxygens (including phenoxy) is 1. The van der Waals surface area contributed by atoms with Crippen molar-refractivity contribution in [3.8, 4) is 11.4 Å². The maximum absolute atomic E-state index is 12.3. The smallest absolute Gasteiger partial charge is 0.273 e. The Balaban J connectivity index is 2.19. The summed E-state index contributed by atoms with van der Waals surface area (Å²) in [6, 6.07) is 13.4. The summed E-state index contributed by atoms with van der Waals surface area (Å²) in [6.07, 6.45) is 0. The van der Waals surface area contributed by atoms with Gasteiger partial charge in [0.25, 0.3) is 5.56 Å². The van der Waals surface area contributed by atoms with Gasteiger partial charge in [0.05, 0.1) is 22.9 Å². The highest BCUT2D eigenvalue weighted by Crippen LogP contribution is 2.22. The van der Waals surface area contributed by atoms with E-state index in [1.807, 2.05) is 49.4 Å². The number of methoxy groups -OCH3 is 1. The summed E-state index contributed by atoms with van der Waals surface area (Å²) in [7, 11) is 1.63. The lowest BCUT2D eigenvalue weighted by Crippen LogP contribution is -2.10. The molecule has 0 saturated carbocycles. The zero-order valence-corrected chi connectivity index (χ0v) is 11.5. The molecule has 96 valence electrons. The number of hydrogen-bond acceptors (Lipinski definition) is 3. The van der Waals surface area contributed by atoms with Crippen LogP contribution in [0.2, 0.25) is 0 Å². The molecule has 19 heavy (non-hydrogen) atoms. The molecule has 0 bridgehead atoms. The van der Waals surface area contributed by atoms with Crippen LogP contribution in [-0.4, -0.2) is 11.1 Å². The summed E-state index contributed by atoms with van der Waals surface area (Å²) in [5.41, 5.74) is 2.06. The molecule has 3 nitrogen and oxygen atoms in total. The van der Waals surface area contributed by atoms with Crippen molar-refractivity contribution >= 4 is 21.6 Å². The van der Waals surface area contributed by atoms with Crippen molar-refractivity contribution < 1.29 is 4.74 Å². The molecule has 0 atom stereocenters. The van der Waals surface area contributed by atoms with E-state index in [9.17, 15) is 4.79 Å². The lowest BCUT2D eigenvalue weighted by Gasteiger charge is -2.02. The van der Waals surface area contributed by atoms with Crippen LogP contribution in [0.4, 0.5) is 0 Å². The second-order valence-electron chi connectivity index (χ2n) is 4.39. The molecule has 4 heteroatoms. The molecule has 0 spiro atoms. The van der Waals surface area contributed by atoms with E-state index in [0.717, 1.165) is 27.1 Å². The highest BCUT2D eigenvalue weighted by Gasteiger charge is 2.09. The Morgan fingerprint density at radius 3 is 2.53 bits per heavy atom. The lowest BCUT2D eigenvalue weighted by molar-refractivity contribution is 0.415. The van der Waals surface area contributed by atoms with Gasteiger partial charge in [0, 0.05) is 0 Å². The van der Waals surface area contributed by atoms with E-state index in [0.29, 0.717) is 0 Å². The van der Waals surface area contributed by atoms with Crippen molar-refractivity contribution in [2.45, 2.75) is 6.92 Å². The number of nitrogens with zero attached hydrogens (tertiary/aromatic N) is 1. The molecule has 0 aliphatic rings. The first kappa shape index (κ1) is 12.0. The minimum Gasteiger partial charge on any atom is -0.497 e. The first-order valence-electron chi connectivity index (χ1n) is 5.96. The number of rotatable bonds is 2. The van der Waals surface area contributed by atoms with E-state index < -0.39 is 0 Å². The SMILES string of the molecule is COc1ccc(-n2sc3cc(C)ccc3c2=O)cc1. The highest BCUT2D eigenvalue weighted by molar-refractivity contribution is 7.14. The molecule has 0 radical (unpaired) electrons. The van der Waals surface area contributed by atoms with Crippen LogP contribution in [0.1, 0.15) is 5.56 Å². The predicted octanol–water partition coefficient (Wildman–Crippen LogP) is 3.37. The minimum atomic E-state index is 0.0326. The second-order valence-corrected chi connectivity index (χ2v) is 5.38.